The third-order valence-corrected chi connectivity index (χ3v) is 8.00. The molecule has 0 heterocycles. The molecular formula is C8H21AlZn. The Labute approximate surface area is 83.9 Å². The van der Waals surface area contributed by atoms with Crippen LogP contribution in [0, 0.1) is 0 Å². The standard InChI is InChI=1S/2C4H9.Al.Zn.3H/c2*1-3-4-2;;;;;/h2*3H,4H2,1-2H3;;;;;. The van der Waals surface area contributed by atoms with Gasteiger partial charge in [0.25, 0.3) is 0 Å². The second-order valence-electron chi connectivity index (χ2n) is 3.26. The summed E-state index contributed by atoms with van der Waals surface area (Å²) in [6.07, 6.45) is 2.84. The van der Waals surface area contributed by atoms with Gasteiger partial charge in [-0.15, -0.1) is 0 Å². The molecule has 2 heteroatoms. The Balaban J connectivity index is 0. The number of rotatable bonds is 4. The van der Waals surface area contributed by atoms with Crippen molar-refractivity contribution < 1.29 is 17.1 Å². The summed E-state index contributed by atoms with van der Waals surface area (Å²) in [6, 6.07) is 0. The molecule has 0 bridgehead atoms. The van der Waals surface area contributed by atoms with Gasteiger partial charge in [0.15, 0.2) is 17.4 Å². The number of hydrogen-bond acceptors (Lipinski definition) is 0. The fourth-order valence-electron chi connectivity index (χ4n) is 1.02. The third-order valence-electron chi connectivity index (χ3n) is 2.20. The molecule has 0 aliphatic rings. The van der Waals surface area contributed by atoms with E-state index in [0.717, 1.165) is 9.02 Å². The van der Waals surface area contributed by atoms with Gasteiger partial charge in [-0.1, -0.05) is 0 Å². The maximum Gasteiger partial charge on any atom is 0.187 e. The third kappa shape index (κ3) is 7.27. The minimum absolute atomic E-state index is 0. The smallest absolute Gasteiger partial charge is 0.187 e. The molecule has 58 valence electrons. The first kappa shape index (κ1) is 13.7. The second-order valence-corrected chi connectivity index (χ2v) is 10.1. The molecule has 0 aromatic carbocycles. The summed E-state index contributed by atoms with van der Waals surface area (Å²) >= 11 is -0.142. The normalized spacial score (nSPS) is 14.8. The van der Waals surface area contributed by atoms with Gasteiger partial charge < -0.3 is 0 Å². The molecule has 0 aromatic rings. The summed E-state index contributed by atoms with van der Waals surface area (Å²) in [5.74, 6) is 0. The van der Waals surface area contributed by atoms with Gasteiger partial charge in [0.05, 0.1) is 0 Å². The minimum atomic E-state index is -0.142. The number of hydrogen-bond donors (Lipinski definition) is 0. The summed E-state index contributed by atoms with van der Waals surface area (Å²) in [5, 5.41) is 0. The van der Waals surface area contributed by atoms with Crippen molar-refractivity contribution in [2.45, 2.75) is 49.6 Å². The zero-order valence-corrected chi connectivity index (χ0v) is 10.2. The van der Waals surface area contributed by atoms with E-state index in [1.54, 1.807) is 0 Å². The summed E-state index contributed by atoms with van der Waals surface area (Å²) in [7, 11) is 0. The van der Waals surface area contributed by atoms with Gasteiger partial charge in [-0.05, 0) is 0 Å². The first-order valence-electron chi connectivity index (χ1n) is 4.20. The second kappa shape index (κ2) is 8.25. The van der Waals surface area contributed by atoms with Crippen LogP contribution in [-0.2, 0) is 17.1 Å². The molecule has 2 atom stereocenters. The molecule has 0 rings (SSSR count). The van der Waals surface area contributed by atoms with E-state index in [0.29, 0.717) is 0 Å². The van der Waals surface area contributed by atoms with Crippen molar-refractivity contribution in [1.82, 2.24) is 0 Å². The first-order valence-corrected chi connectivity index (χ1v) is 7.63. The van der Waals surface area contributed by atoms with Crippen LogP contribution in [0.15, 0.2) is 0 Å². The molecule has 0 aliphatic heterocycles. The molecule has 0 amide bonds. The van der Waals surface area contributed by atoms with E-state index in [2.05, 4.69) is 27.7 Å². The van der Waals surface area contributed by atoms with Crippen molar-refractivity contribution in [3.05, 3.63) is 0 Å². The van der Waals surface area contributed by atoms with Crippen LogP contribution in [0.3, 0.4) is 0 Å². The predicted molar refractivity (Wildman–Crippen MR) is 49.4 cm³/mol. The van der Waals surface area contributed by atoms with Crippen LogP contribution >= 0.6 is 0 Å². The topological polar surface area (TPSA) is 0 Å². The van der Waals surface area contributed by atoms with E-state index in [1.807, 2.05) is 0 Å². The van der Waals surface area contributed by atoms with Gasteiger partial charge >= 0.3 is 66.7 Å². The molecule has 0 aliphatic carbocycles. The molecular weight excluding hydrogens is 188 g/mol. The molecule has 0 nitrogen and oxygen atoms in total. The first-order chi connectivity index (χ1) is 4.20. The largest absolute Gasteiger partial charge is 0.187 e. The van der Waals surface area contributed by atoms with Crippen molar-refractivity contribution >= 4 is 17.4 Å². The van der Waals surface area contributed by atoms with E-state index >= 15 is 0 Å². The summed E-state index contributed by atoms with van der Waals surface area (Å²) in [4.78, 5) is 0. The molecule has 0 aromatic heterocycles. The zero-order valence-electron chi connectivity index (χ0n) is 7.28. The van der Waals surface area contributed by atoms with Crippen molar-refractivity contribution in [3.63, 3.8) is 0 Å². The zero-order chi connectivity index (χ0) is 7.28. The summed E-state index contributed by atoms with van der Waals surface area (Å²) in [6.45, 7) is 9.48. The molecule has 2 unspecified atom stereocenters. The van der Waals surface area contributed by atoms with Crippen molar-refractivity contribution in [2.75, 3.05) is 0 Å². The Hall–Kier alpha value is 1.16. The Morgan fingerprint density at radius 3 is 1.50 bits per heavy atom. The van der Waals surface area contributed by atoms with Gasteiger partial charge in [-0.2, -0.15) is 0 Å². The molecule has 10 heavy (non-hydrogen) atoms. The molecule has 0 spiro atoms. The maximum atomic E-state index is 2.42. The molecule has 0 radical (unpaired) electrons. The fraction of sp³-hybridized carbons (Fsp3) is 1.00. The van der Waals surface area contributed by atoms with E-state index in [4.69, 9.17) is 0 Å². The average Bonchev–Trinajstić information content (AvgIpc) is 1.87. The van der Waals surface area contributed by atoms with Crippen molar-refractivity contribution in [3.8, 4) is 0 Å². The Kier molecular flexibility index (Phi) is 11.3. The van der Waals surface area contributed by atoms with E-state index < -0.39 is 0 Å². The van der Waals surface area contributed by atoms with Gasteiger partial charge in [0.1, 0.15) is 0 Å². The fourth-order valence-corrected chi connectivity index (χ4v) is 5.30. The van der Waals surface area contributed by atoms with E-state index in [-0.39, 0.29) is 34.5 Å². The summed E-state index contributed by atoms with van der Waals surface area (Å²) < 4.78 is 2.24. The molecule has 0 saturated heterocycles. The Morgan fingerprint density at radius 1 is 1.00 bits per heavy atom. The quantitative estimate of drug-likeness (QED) is 0.624. The van der Waals surface area contributed by atoms with Crippen LogP contribution in [-0.4, -0.2) is 17.4 Å². The SMILES string of the molecule is CC[CH](C)[Zn][CH](C)CC.[AlH3]. The molecule has 0 saturated carbocycles. The van der Waals surface area contributed by atoms with E-state index in [1.165, 1.54) is 12.8 Å². The van der Waals surface area contributed by atoms with Crippen LogP contribution in [0.2, 0.25) is 9.02 Å². The van der Waals surface area contributed by atoms with Gasteiger partial charge in [-0.3, -0.25) is 0 Å². The Morgan fingerprint density at radius 2 is 1.30 bits per heavy atom. The minimum Gasteiger partial charge on any atom is 0.187 e. The van der Waals surface area contributed by atoms with Gasteiger partial charge in [-0.25, -0.2) is 0 Å². The van der Waals surface area contributed by atoms with Crippen LogP contribution < -0.4 is 0 Å². The van der Waals surface area contributed by atoms with Gasteiger partial charge in [0.2, 0.25) is 0 Å². The van der Waals surface area contributed by atoms with Gasteiger partial charge in [0, 0.05) is 0 Å². The van der Waals surface area contributed by atoms with Crippen molar-refractivity contribution in [1.29, 1.82) is 0 Å². The molecule has 0 N–H and O–H groups in total. The Bertz CT molecular complexity index is 58.3. The average molecular weight is 210 g/mol. The van der Waals surface area contributed by atoms with Crippen LogP contribution in [0.4, 0.5) is 0 Å². The van der Waals surface area contributed by atoms with Crippen LogP contribution in [0.1, 0.15) is 40.5 Å². The van der Waals surface area contributed by atoms with Crippen LogP contribution in [0.5, 0.6) is 0 Å². The predicted octanol–water partition coefficient (Wildman–Crippen LogP) is 2.32. The van der Waals surface area contributed by atoms with E-state index in [9.17, 15) is 0 Å². The molecule has 0 fully saturated rings. The van der Waals surface area contributed by atoms with Crippen LogP contribution in [0.25, 0.3) is 0 Å². The van der Waals surface area contributed by atoms with Crippen molar-refractivity contribution in [2.24, 2.45) is 0 Å². The summed E-state index contributed by atoms with van der Waals surface area (Å²) in [5.41, 5.74) is 0. The monoisotopic (exact) mass is 208 g/mol. The maximum absolute atomic E-state index is 2.42.